The molecule has 0 bridgehead atoms. The van der Waals surface area contributed by atoms with Gasteiger partial charge in [-0.05, 0) is 39.0 Å². The molecule has 2 heteroatoms. The van der Waals surface area contributed by atoms with Crippen molar-refractivity contribution in [3.05, 3.63) is 12.2 Å². The summed E-state index contributed by atoms with van der Waals surface area (Å²) in [5.74, 6) is 0.108. The molecule has 0 unspecified atom stereocenters. The molecule has 0 rings (SSSR count). The van der Waals surface area contributed by atoms with E-state index < -0.39 is 0 Å². The second kappa shape index (κ2) is 21.4. The average molecular weight is 379 g/mol. The quantitative estimate of drug-likeness (QED) is 0.115. The van der Waals surface area contributed by atoms with Crippen LogP contribution < -0.4 is 0 Å². The summed E-state index contributed by atoms with van der Waals surface area (Å²) in [6.07, 6.45) is 27.7. The number of ketones is 2. The molecule has 0 atom stereocenters. The van der Waals surface area contributed by atoms with E-state index in [4.69, 9.17) is 0 Å². The molecule has 0 aliphatic heterocycles. The number of rotatable bonds is 21. The number of hydrogen-bond donors (Lipinski definition) is 0. The van der Waals surface area contributed by atoms with Crippen LogP contribution in [-0.4, -0.2) is 11.6 Å². The number of Topliss-reactive ketones (excluding diaryl/α,β-unsaturated/α-hetero) is 2. The summed E-state index contributed by atoms with van der Waals surface area (Å²) in [4.78, 5) is 22.2. The molecule has 0 saturated heterocycles. The van der Waals surface area contributed by atoms with Crippen LogP contribution in [0.25, 0.3) is 0 Å². The first-order valence-corrected chi connectivity index (χ1v) is 11.8. The van der Waals surface area contributed by atoms with Crippen LogP contribution in [-0.2, 0) is 9.59 Å². The lowest BCUT2D eigenvalue weighted by Crippen LogP contribution is -2.03. The van der Waals surface area contributed by atoms with Crippen LogP contribution >= 0.6 is 0 Å². The maximum absolute atomic E-state index is 11.4. The fourth-order valence-corrected chi connectivity index (χ4v) is 3.47. The maximum Gasteiger partial charge on any atom is 0.140 e. The Morgan fingerprint density at radius 2 is 1.00 bits per heavy atom. The van der Waals surface area contributed by atoms with Crippen LogP contribution in [0.5, 0.6) is 0 Å². The first kappa shape index (κ1) is 26.1. The summed E-state index contributed by atoms with van der Waals surface area (Å²) in [7, 11) is 0. The van der Waals surface area contributed by atoms with Gasteiger partial charge < -0.3 is 0 Å². The molecular weight excluding hydrogens is 332 g/mol. The van der Waals surface area contributed by atoms with Crippen molar-refractivity contribution in [1.82, 2.24) is 0 Å². The molecule has 0 aromatic carbocycles. The van der Waals surface area contributed by atoms with Crippen molar-refractivity contribution in [3.63, 3.8) is 0 Å². The third-order valence-corrected chi connectivity index (χ3v) is 5.16. The standard InChI is InChI=1S/C25H46O2/c1-3-4-5-6-7-8-9-10-11-12-13-14-15-16-17-18-19-20-21-22-25(27)23-24(2)26/h10-11H,3-9,12-23H2,1-2H3/b11-10-. The van der Waals surface area contributed by atoms with Gasteiger partial charge in [-0.25, -0.2) is 0 Å². The minimum atomic E-state index is -0.00621. The highest BCUT2D eigenvalue weighted by molar-refractivity contribution is 5.97. The van der Waals surface area contributed by atoms with E-state index in [1.54, 1.807) is 0 Å². The number of unbranched alkanes of at least 4 members (excludes halogenated alkanes) is 15. The molecule has 0 saturated carbocycles. The molecule has 0 heterocycles. The SMILES string of the molecule is CCCCCCCC/C=C\CCCCCCCCCCCC(=O)CC(C)=O. The van der Waals surface area contributed by atoms with E-state index in [9.17, 15) is 9.59 Å². The number of hydrogen-bond acceptors (Lipinski definition) is 2. The molecule has 2 nitrogen and oxygen atoms in total. The van der Waals surface area contributed by atoms with Crippen molar-refractivity contribution in [1.29, 1.82) is 0 Å². The van der Waals surface area contributed by atoms with Crippen molar-refractivity contribution in [3.8, 4) is 0 Å². The normalized spacial score (nSPS) is 11.3. The monoisotopic (exact) mass is 378 g/mol. The Bertz CT molecular complexity index is 371. The zero-order valence-electron chi connectivity index (χ0n) is 18.4. The van der Waals surface area contributed by atoms with E-state index in [0.717, 1.165) is 12.8 Å². The average Bonchev–Trinajstić information content (AvgIpc) is 2.63. The molecule has 0 spiro atoms. The number of carbonyl (C=O) groups excluding carboxylic acids is 2. The summed E-state index contributed by atoms with van der Waals surface area (Å²) < 4.78 is 0. The van der Waals surface area contributed by atoms with Crippen LogP contribution in [0.15, 0.2) is 12.2 Å². The molecule has 158 valence electrons. The molecular formula is C25H46O2. The summed E-state index contributed by atoms with van der Waals surface area (Å²) >= 11 is 0. The van der Waals surface area contributed by atoms with Crippen molar-refractivity contribution in [2.24, 2.45) is 0 Å². The van der Waals surface area contributed by atoms with Crippen LogP contribution in [0, 0.1) is 0 Å². The Balaban J connectivity index is 3.15. The topological polar surface area (TPSA) is 34.1 Å². The van der Waals surface area contributed by atoms with E-state index in [1.807, 2.05) is 0 Å². The van der Waals surface area contributed by atoms with Crippen molar-refractivity contribution < 1.29 is 9.59 Å². The third kappa shape index (κ3) is 23.0. The zero-order chi connectivity index (χ0) is 20.0. The highest BCUT2D eigenvalue weighted by Gasteiger charge is 2.04. The van der Waals surface area contributed by atoms with E-state index in [2.05, 4.69) is 19.1 Å². The van der Waals surface area contributed by atoms with Gasteiger partial charge in [-0.2, -0.15) is 0 Å². The highest BCUT2D eigenvalue weighted by atomic mass is 16.1. The Kier molecular flexibility index (Phi) is 20.7. The summed E-state index contributed by atoms with van der Waals surface area (Å²) in [6.45, 7) is 3.76. The highest BCUT2D eigenvalue weighted by Crippen LogP contribution is 2.12. The Morgan fingerprint density at radius 3 is 1.44 bits per heavy atom. The minimum Gasteiger partial charge on any atom is -0.300 e. The van der Waals surface area contributed by atoms with Gasteiger partial charge in [-0.3, -0.25) is 9.59 Å². The smallest absolute Gasteiger partial charge is 0.140 e. The maximum atomic E-state index is 11.4. The lowest BCUT2D eigenvalue weighted by molar-refractivity contribution is -0.125. The first-order valence-electron chi connectivity index (χ1n) is 11.8. The van der Waals surface area contributed by atoms with Crippen molar-refractivity contribution in [2.75, 3.05) is 0 Å². The number of allylic oxidation sites excluding steroid dienone is 2. The summed E-state index contributed by atoms with van der Waals surface area (Å²) in [5, 5.41) is 0. The van der Waals surface area contributed by atoms with Crippen LogP contribution in [0.4, 0.5) is 0 Å². The second-order valence-electron chi connectivity index (χ2n) is 8.17. The molecule has 0 radical (unpaired) electrons. The summed E-state index contributed by atoms with van der Waals surface area (Å²) in [5.41, 5.74) is 0. The van der Waals surface area contributed by atoms with Gasteiger partial charge in [0.15, 0.2) is 0 Å². The fourth-order valence-electron chi connectivity index (χ4n) is 3.47. The minimum absolute atomic E-state index is 0.00621. The van der Waals surface area contributed by atoms with Gasteiger partial charge >= 0.3 is 0 Å². The predicted octanol–water partition coefficient (Wildman–Crippen LogP) is 8.13. The van der Waals surface area contributed by atoms with Gasteiger partial charge in [0.25, 0.3) is 0 Å². The van der Waals surface area contributed by atoms with Gasteiger partial charge in [0, 0.05) is 6.42 Å². The van der Waals surface area contributed by atoms with Gasteiger partial charge in [-0.1, -0.05) is 96.1 Å². The van der Waals surface area contributed by atoms with Crippen molar-refractivity contribution in [2.45, 2.75) is 136 Å². The third-order valence-electron chi connectivity index (χ3n) is 5.16. The molecule has 0 aromatic rings. The van der Waals surface area contributed by atoms with E-state index in [0.29, 0.717) is 6.42 Å². The Labute approximate surface area is 169 Å². The fraction of sp³-hybridized carbons (Fsp3) is 0.840. The Hall–Kier alpha value is -0.920. The van der Waals surface area contributed by atoms with Gasteiger partial charge in [0.1, 0.15) is 11.6 Å². The van der Waals surface area contributed by atoms with Crippen molar-refractivity contribution >= 4 is 11.6 Å². The molecule has 0 aliphatic rings. The lowest BCUT2D eigenvalue weighted by Gasteiger charge is -2.02. The molecule has 0 fully saturated rings. The largest absolute Gasteiger partial charge is 0.300 e. The lowest BCUT2D eigenvalue weighted by atomic mass is 10.0. The first-order chi connectivity index (χ1) is 13.2. The predicted molar refractivity (Wildman–Crippen MR) is 118 cm³/mol. The molecule has 0 aliphatic carbocycles. The van der Waals surface area contributed by atoms with E-state index in [1.165, 1.54) is 103 Å². The zero-order valence-corrected chi connectivity index (χ0v) is 18.4. The van der Waals surface area contributed by atoms with Crippen LogP contribution in [0.2, 0.25) is 0 Å². The van der Waals surface area contributed by atoms with Crippen LogP contribution in [0.1, 0.15) is 136 Å². The number of carbonyl (C=O) groups is 2. The van der Waals surface area contributed by atoms with Gasteiger partial charge in [0.05, 0.1) is 6.42 Å². The molecule has 0 aromatic heterocycles. The molecule has 0 N–H and O–H groups in total. The van der Waals surface area contributed by atoms with Gasteiger partial charge in [-0.15, -0.1) is 0 Å². The second-order valence-corrected chi connectivity index (χ2v) is 8.17. The Morgan fingerprint density at radius 1 is 0.593 bits per heavy atom. The molecule has 27 heavy (non-hydrogen) atoms. The van der Waals surface area contributed by atoms with Crippen LogP contribution in [0.3, 0.4) is 0 Å². The van der Waals surface area contributed by atoms with E-state index in [-0.39, 0.29) is 18.0 Å². The van der Waals surface area contributed by atoms with Gasteiger partial charge in [0.2, 0.25) is 0 Å². The molecule has 0 amide bonds. The summed E-state index contributed by atoms with van der Waals surface area (Å²) in [6, 6.07) is 0. The van der Waals surface area contributed by atoms with E-state index >= 15 is 0 Å².